The third-order valence-corrected chi connectivity index (χ3v) is 3.26. The van der Waals surface area contributed by atoms with Crippen molar-refractivity contribution in [2.24, 2.45) is 0 Å². The average molecular weight is 268 g/mol. The third kappa shape index (κ3) is 1.82. The molecule has 0 fully saturated rings. The van der Waals surface area contributed by atoms with Gasteiger partial charge in [0, 0.05) is 27.0 Å². The summed E-state index contributed by atoms with van der Waals surface area (Å²) in [7, 11) is 0. The molecule has 0 aliphatic carbocycles. The summed E-state index contributed by atoms with van der Waals surface area (Å²) in [5.74, 6) is 0. The fourth-order valence-electron chi connectivity index (χ4n) is 1.74. The van der Waals surface area contributed by atoms with Crippen LogP contribution < -0.4 is 0 Å². The van der Waals surface area contributed by atoms with Gasteiger partial charge in [-0.3, -0.25) is 0 Å². The Kier molecular flexibility index (Phi) is 2.61. The van der Waals surface area contributed by atoms with E-state index >= 15 is 0 Å². The second kappa shape index (κ2) is 3.65. The molecular formula is C12H14BrNO. The Morgan fingerprint density at radius 3 is 2.80 bits per heavy atom. The predicted octanol–water partition coefficient (Wildman–Crippen LogP) is 3.20. The molecule has 0 amide bonds. The number of hydrogen-bond donors (Lipinski definition) is 2. The lowest BCUT2D eigenvalue weighted by Crippen LogP contribution is -2.21. The molecule has 80 valence electrons. The first-order valence-electron chi connectivity index (χ1n) is 4.92. The van der Waals surface area contributed by atoms with Crippen molar-refractivity contribution in [2.45, 2.75) is 19.3 Å². The molecule has 0 bridgehead atoms. The topological polar surface area (TPSA) is 36.0 Å². The zero-order valence-corrected chi connectivity index (χ0v) is 10.4. The number of fused-ring (bicyclic) bond motifs is 1. The smallest absolute Gasteiger partial charge is 0.0523 e. The maximum absolute atomic E-state index is 9.37. The summed E-state index contributed by atoms with van der Waals surface area (Å²) in [6, 6.07) is 6.13. The van der Waals surface area contributed by atoms with E-state index < -0.39 is 0 Å². The van der Waals surface area contributed by atoms with Crippen LogP contribution in [-0.4, -0.2) is 16.7 Å². The van der Waals surface area contributed by atoms with E-state index in [9.17, 15) is 5.11 Å². The van der Waals surface area contributed by atoms with Crippen LogP contribution in [-0.2, 0) is 5.41 Å². The van der Waals surface area contributed by atoms with Gasteiger partial charge in [0.2, 0.25) is 0 Å². The van der Waals surface area contributed by atoms with Crippen molar-refractivity contribution in [3.05, 3.63) is 34.4 Å². The van der Waals surface area contributed by atoms with E-state index in [4.69, 9.17) is 0 Å². The Labute approximate surface area is 97.4 Å². The van der Waals surface area contributed by atoms with Crippen LogP contribution in [0.3, 0.4) is 0 Å². The Bertz CT molecular complexity index is 487. The van der Waals surface area contributed by atoms with Gasteiger partial charge in [-0.05, 0) is 23.8 Å². The highest BCUT2D eigenvalue weighted by Gasteiger charge is 2.22. The van der Waals surface area contributed by atoms with E-state index in [1.165, 1.54) is 5.39 Å². The molecule has 2 aromatic rings. The number of rotatable bonds is 2. The molecular weight excluding hydrogens is 254 g/mol. The van der Waals surface area contributed by atoms with Crippen molar-refractivity contribution in [3.8, 4) is 0 Å². The van der Waals surface area contributed by atoms with E-state index in [0.717, 1.165) is 15.6 Å². The number of aromatic nitrogens is 1. The van der Waals surface area contributed by atoms with E-state index in [2.05, 4.69) is 27.0 Å². The van der Waals surface area contributed by atoms with Crippen molar-refractivity contribution >= 4 is 26.8 Å². The van der Waals surface area contributed by atoms with Crippen LogP contribution in [0.1, 0.15) is 19.4 Å². The summed E-state index contributed by atoms with van der Waals surface area (Å²) in [5.41, 5.74) is 2.05. The number of halogens is 1. The van der Waals surface area contributed by atoms with E-state index in [-0.39, 0.29) is 12.0 Å². The van der Waals surface area contributed by atoms with Gasteiger partial charge in [-0.15, -0.1) is 0 Å². The van der Waals surface area contributed by atoms with E-state index in [1.54, 1.807) is 0 Å². The van der Waals surface area contributed by atoms with Gasteiger partial charge in [0.05, 0.1) is 6.61 Å². The minimum absolute atomic E-state index is 0.145. The van der Waals surface area contributed by atoms with Gasteiger partial charge < -0.3 is 10.1 Å². The van der Waals surface area contributed by atoms with Crippen molar-refractivity contribution in [3.63, 3.8) is 0 Å². The first-order chi connectivity index (χ1) is 7.04. The summed E-state index contributed by atoms with van der Waals surface area (Å²) in [4.78, 5) is 3.22. The lowest BCUT2D eigenvalue weighted by molar-refractivity contribution is 0.219. The largest absolute Gasteiger partial charge is 0.395 e. The molecule has 3 heteroatoms. The zero-order chi connectivity index (χ0) is 11.1. The van der Waals surface area contributed by atoms with Gasteiger partial charge in [0.1, 0.15) is 0 Å². The summed E-state index contributed by atoms with van der Waals surface area (Å²) < 4.78 is 1.06. The van der Waals surface area contributed by atoms with Crippen LogP contribution in [0, 0.1) is 0 Å². The summed E-state index contributed by atoms with van der Waals surface area (Å²) in [6.07, 6.45) is 1.98. The van der Waals surface area contributed by atoms with Gasteiger partial charge in [0.25, 0.3) is 0 Å². The van der Waals surface area contributed by atoms with Crippen LogP contribution in [0.25, 0.3) is 10.9 Å². The van der Waals surface area contributed by atoms with E-state index in [0.29, 0.717) is 0 Å². The SMILES string of the molecule is CC(C)(CO)c1c[nH]c2ccc(Br)cc12. The molecule has 1 aromatic carbocycles. The second-order valence-electron chi connectivity index (χ2n) is 4.43. The number of benzene rings is 1. The number of H-pyrrole nitrogens is 1. The molecule has 2 N–H and O–H groups in total. The number of aliphatic hydroxyl groups excluding tert-OH is 1. The first kappa shape index (κ1) is 10.7. The molecule has 2 nitrogen and oxygen atoms in total. The minimum atomic E-state index is -0.209. The standard InChI is InChI=1S/C12H14BrNO/c1-12(2,7-15)10-6-14-11-4-3-8(13)5-9(10)11/h3-6,14-15H,7H2,1-2H3. The van der Waals surface area contributed by atoms with Gasteiger partial charge in [0.15, 0.2) is 0 Å². The van der Waals surface area contributed by atoms with Crippen molar-refractivity contribution in [1.29, 1.82) is 0 Å². The molecule has 0 saturated heterocycles. The number of nitrogens with one attached hydrogen (secondary N) is 1. The third-order valence-electron chi connectivity index (χ3n) is 2.77. The fraction of sp³-hybridized carbons (Fsp3) is 0.333. The predicted molar refractivity (Wildman–Crippen MR) is 66.1 cm³/mol. The van der Waals surface area contributed by atoms with Crippen LogP contribution in [0.5, 0.6) is 0 Å². The van der Waals surface area contributed by atoms with Gasteiger partial charge >= 0.3 is 0 Å². The Morgan fingerprint density at radius 1 is 1.40 bits per heavy atom. The monoisotopic (exact) mass is 267 g/mol. The zero-order valence-electron chi connectivity index (χ0n) is 8.84. The lowest BCUT2D eigenvalue weighted by atomic mass is 9.85. The summed E-state index contributed by atoms with van der Waals surface area (Å²) >= 11 is 3.46. The van der Waals surface area contributed by atoms with Gasteiger partial charge in [-0.2, -0.15) is 0 Å². The number of aliphatic hydroxyl groups is 1. The highest BCUT2D eigenvalue weighted by Crippen LogP contribution is 2.31. The molecule has 1 heterocycles. The Hall–Kier alpha value is -0.800. The van der Waals surface area contributed by atoms with Crippen molar-refractivity contribution in [1.82, 2.24) is 4.98 Å². The maximum atomic E-state index is 9.37. The molecule has 0 spiro atoms. The molecule has 0 aliphatic rings. The van der Waals surface area contributed by atoms with Gasteiger partial charge in [-0.25, -0.2) is 0 Å². The summed E-state index contributed by atoms with van der Waals surface area (Å²) in [5, 5.41) is 10.5. The van der Waals surface area contributed by atoms with Crippen LogP contribution in [0.4, 0.5) is 0 Å². The quantitative estimate of drug-likeness (QED) is 0.862. The Balaban J connectivity index is 2.67. The molecule has 0 atom stereocenters. The highest BCUT2D eigenvalue weighted by atomic mass is 79.9. The average Bonchev–Trinajstić information content (AvgIpc) is 2.61. The van der Waals surface area contributed by atoms with Gasteiger partial charge in [-0.1, -0.05) is 29.8 Å². The lowest BCUT2D eigenvalue weighted by Gasteiger charge is -2.20. The first-order valence-corrected chi connectivity index (χ1v) is 5.72. The molecule has 0 radical (unpaired) electrons. The number of aromatic amines is 1. The molecule has 1 aromatic heterocycles. The molecule has 2 rings (SSSR count). The molecule has 0 unspecified atom stereocenters. The van der Waals surface area contributed by atoms with Crippen molar-refractivity contribution < 1.29 is 5.11 Å². The maximum Gasteiger partial charge on any atom is 0.0523 e. The normalized spacial score (nSPS) is 12.3. The highest BCUT2D eigenvalue weighted by molar-refractivity contribution is 9.10. The minimum Gasteiger partial charge on any atom is -0.395 e. The molecule has 15 heavy (non-hydrogen) atoms. The molecule has 0 aliphatic heterocycles. The second-order valence-corrected chi connectivity index (χ2v) is 5.35. The van der Waals surface area contributed by atoms with Crippen molar-refractivity contribution in [2.75, 3.05) is 6.61 Å². The fourth-order valence-corrected chi connectivity index (χ4v) is 2.10. The number of hydrogen-bond acceptors (Lipinski definition) is 1. The van der Waals surface area contributed by atoms with Crippen LogP contribution >= 0.6 is 15.9 Å². The summed E-state index contributed by atoms with van der Waals surface area (Å²) in [6.45, 7) is 4.22. The van der Waals surface area contributed by atoms with E-state index in [1.807, 2.05) is 32.2 Å². The van der Waals surface area contributed by atoms with Crippen LogP contribution in [0.15, 0.2) is 28.9 Å². The van der Waals surface area contributed by atoms with Crippen LogP contribution in [0.2, 0.25) is 0 Å². The Morgan fingerprint density at radius 2 is 2.13 bits per heavy atom. The molecule has 0 saturated carbocycles.